The van der Waals surface area contributed by atoms with Gasteiger partial charge in [0.25, 0.3) is 0 Å². The summed E-state index contributed by atoms with van der Waals surface area (Å²) in [4.78, 5) is 72.5. The third kappa shape index (κ3) is 63.0. The molecule has 0 amide bonds. The molecule has 0 aliphatic heterocycles. The third-order valence-corrected chi connectivity index (χ3v) is 18.0. The predicted molar refractivity (Wildman–Crippen MR) is 363 cm³/mol. The van der Waals surface area contributed by atoms with Crippen LogP contribution in [0.25, 0.3) is 0 Å². The number of carbonyl (C=O) groups is 4. The summed E-state index contributed by atoms with van der Waals surface area (Å²) < 4.78 is 68.2. The molecule has 0 aliphatic carbocycles. The van der Waals surface area contributed by atoms with Crippen LogP contribution in [0.15, 0.2) is 24.3 Å². The van der Waals surface area contributed by atoms with Gasteiger partial charge in [0.1, 0.15) is 19.3 Å². The van der Waals surface area contributed by atoms with Gasteiger partial charge in [-0.2, -0.15) is 0 Å². The second-order valence-corrected chi connectivity index (χ2v) is 29.0. The molecule has 0 fully saturated rings. The maximum atomic E-state index is 13.0. The molecule has 0 aromatic rings. The Labute approximate surface area is 548 Å². The molecular weight excluding hydrogens is 1190 g/mol. The van der Waals surface area contributed by atoms with Gasteiger partial charge in [-0.3, -0.25) is 37.3 Å². The van der Waals surface area contributed by atoms with E-state index in [1.165, 1.54) is 116 Å². The van der Waals surface area contributed by atoms with E-state index in [9.17, 15) is 43.2 Å². The molecule has 17 nitrogen and oxygen atoms in total. The number of carbonyl (C=O) groups excluding carboxylic acids is 4. The van der Waals surface area contributed by atoms with Gasteiger partial charge in [-0.05, 0) is 69.1 Å². The highest BCUT2D eigenvalue weighted by molar-refractivity contribution is 7.47. The summed E-state index contributed by atoms with van der Waals surface area (Å²) in [6.07, 6.45) is 48.2. The summed E-state index contributed by atoms with van der Waals surface area (Å²) in [5.41, 5.74) is 0. The molecule has 0 rings (SSSR count). The number of phosphoric ester groups is 2. The van der Waals surface area contributed by atoms with Crippen molar-refractivity contribution in [2.45, 2.75) is 349 Å². The van der Waals surface area contributed by atoms with Crippen LogP contribution >= 0.6 is 15.6 Å². The number of ether oxygens (including phenoxy) is 4. The Morgan fingerprint density at radius 1 is 0.367 bits per heavy atom. The SMILES string of the molecule is CCCCCC/C=C\C=C/CCCCCCCC(=O)O[C@H](COC(=O)CCCCCCCCC(C)C)COP(=O)(O)OC[C@@H](O)COP(=O)(O)OC[C@@H](COC(=O)CCCCCCCCC(C)CC)OC(=O)CCCCCCCCCCCCCCCC(C)C. The van der Waals surface area contributed by atoms with Gasteiger partial charge in [0.05, 0.1) is 26.4 Å². The Kier molecular flexibility index (Phi) is 59.7. The van der Waals surface area contributed by atoms with E-state index in [1.807, 2.05) is 0 Å². The van der Waals surface area contributed by atoms with Crippen molar-refractivity contribution in [3.8, 4) is 0 Å². The minimum absolute atomic E-state index is 0.0834. The van der Waals surface area contributed by atoms with Crippen LogP contribution in [0, 0.1) is 17.8 Å². The number of aliphatic hydroxyl groups is 1. The van der Waals surface area contributed by atoms with Crippen molar-refractivity contribution in [3.63, 3.8) is 0 Å². The number of aliphatic hydroxyl groups excluding tert-OH is 1. The highest BCUT2D eigenvalue weighted by Crippen LogP contribution is 2.45. The lowest BCUT2D eigenvalue weighted by Crippen LogP contribution is -2.30. The maximum absolute atomic E-state index is 13.0. The lowest BCUT2D eigenvalue weighted by atomic mass is 10.00. The zero-order valence-corrected chi connectivity index (χ0v) is 59.9. The van der Waals surface area contributed by atoms with E-state index in [1.54, 1.807) is 0 Å². The first-order valence-electron chi connectivity index (χ1n) is 36.2. The van der Waals surface area contributed by atoms with Crippen molar-refractivity contribution in [1.82, 2.24) is 0 Å². The molecule has 0 saturated carbocycles. The van der Waals surface area contributed by atoms with Gasteiger partial charge in [-0.1, -0.05) is 278 Å². The van der Waals surface area contributed by atoms with Crippen LogP contribution in [-0.2, 0) is 65.4 Å². The molecule has 19 heteroatoms. The van der Waals surface area contributed by atoms with Crippen LogP contribution in [0.5, 0.6) is 0 Å². The number of allylic oxidation sites excluding steroid dienone is 4. The fourth-order valence-corrected chi connectivity index (χ4v) is 11.7. The molecule has 0 radical (unpaired) electrons. The van der Waals surface area contributed by atoms with Gasteiger partial charge in [0.15, 0.2) is 12.2 Å². The zero-order chi connectivity index (χ0) is 66.6. The summed E-state index contributed by atoms with van der Waals surface area (Å²) in [5.74, 6) is 0.0310. The molecule has 0 saturated heterocycles. The highest BCUT2D eigenvalue weighted by Gasteiger charge is 2.30. The average molecular weight is 1320 g/mol. The van der Waals surface area contributed by atoms with Crippen LogP contribution in [-0.4, -0.2) is 96.7 Å². The van der Waals surface area contributed by atoms with E-state index in [4.69, 9.17) is 37.0 Å². The Bertz CT molecular complexity index is 1860. The highest BCUT2D eigenvalue weighted by atomic mass is 31.2. The van der Waals surface area contributed by atoms with Gasteiger partial charge in [-0.15, -0.1) is 0 Å². The number of unbranched alkanes of at least 4 members (excludes halogenated alkanes) is 31. The van der Waals surface area contributed by atoms with E-state index in [0.29, 0.717) is 31.6 Å². The molecule has 0 heterocycles. The first-order chi connectivity index (χ1) is 43.3. The number of hydrogen-bond donors (Lipinski definition) is 3. The van der Waals surface area contributed by atoms with Gasteiger partial charge in [0.2, 0.25) is 0 Å². The quantitative estimate of drug-likeness (QED) is 0.0169. The van der Waals surface area contributed by atoms with E-state index < -0.39 is 97.5 Å². The van der Waals surface area contributed by atoms with E-state index in [0.717, 1.165) is 127 Å². The largest absolute Gasteiger partial charge is 0.472 e. The van der Waals surface area contributed by atoms with Gasteiger partial charge >= 0.3 is 39.5 Å². The monoisotopic (exact) mass is 1320 g/mol. The van der Waals surface area contributed by atoms with Crippen molar-refractivity contribution in [2.24, 2.45) is 17.8 Å². The Balaban J connectivity index is 5.26. The summed E-state index contributed by atoms with van der Waals surface area (Å²) >= 11 is 0. The van der Waals surface area contributed by atoms with Crippen LogP contribution < -0.4 is 0 Å². The maximum Gasteiger partial charge on any atom is 0.472 e. The van der Waals surface area contributed by atoms with Crippen molar-refractivity contribution in [1.29, 1.82) is 0 Å². The number of hydrogen-bond acceptors (Lipinski definition) is 15. The lowest BCUT2D eigenvalue weighted by Gasteiger charge is -2.21. The molecule has 6 atom stereocenters. The van der Waals surface area contributed by atoms with Crippen LogP contribution in [0.1, 0.15) is 331 Å². The molecule has 90 heavy (non-hydrogen) atoms. The fourth-order valence-electron chi connectivity index (χ4n) is 10.1. The Hall–Kier alpha value is -2.46. The summed E-state index contributed by atoms with van der Waals surface area (Å²) in [6.45, 7) is 11.7. The van der Waals surface area contributed by atoms with Crippen molar-refractivity contribution in [3.05, 3.63) is 24.3 Å². The number of phosphoric acid groups is 2. The molecule has 0 spiro atoms. The van der Waals surface area contributed by atoms with Gasteiger partial charge in [0, 0.05) is 25.7 Å². The molecular formula is C71H134O17P2. The van der Waals surface area contributed by atoms with Crippen molar-refractivity contribution < 1.29 is 80.2 Å². The normalized spacial score (nSPS) is 14.7. The average Bonchev–Trinajstić information content (AvgIpc) is 2.87. The first-order valence-corrected chi connectivity index (χ1v) is 39.2. The van der Waals surface area contributed by atoms with Crippen molar-refractivity contribution in [2.75, 3.05) is 39.6 Å². The molecule has 0 aromatic carbocycles. The van der Waals surface area contributed by atoms with Gasteiger partial charge < -0.3 is 33.8 Å². The Morgan fingerprint density at radius 3 is 0.989 bits per heavy atom. The van der Waals surface area contributed by atoms with Crippen LogP contribution in [0.2, 0.25) is 0 Å². The lowest BCUT2D eigenvalue weighted by molar-refractivity contribution is -0.161. The third-order valence-electron chi connectivity index (χ3n) is 16.1. The van der Waals surface area contributed by atoms with E-state index >= 15 is 0 Å². The fraction of sp³-hybridized carbons (Fsp3) is 0.887. The smallest absolute Gasteiger partial charge is 0.462 e. The van der Waals surface area contributed by atoms with E-state index in [-0.39, 0.29) is 25.7 Å². The Morgan fingerprint density at radius 2 is 0.656 bits per heavy atom. The van der Waals surface area contributed by atoms with Gasteiger partial charge in [-0.25, -0.2) is 9.13 Å². The molecule has 3 N–H and O–H groups in total. The predicted octanol–water partition coefficient (Wildman–Crippen LogP) is 19.8. The standard InChI is InChI=1S/C71H134O17P2/c1-8-10-11-12-13-14-15-16-17-20-23-26-29-40-47-54-70(75)87-66(58-81-68(73)52-45-38-33-31-36-43-50-63(5)6)60-85-89(77,78)83-56-65(72)57-84-90(79,80)86-61-67(59-82-69(74)53-46-39-34-32-37-44-51-64(7)9-2)88-71(76)55-48-41-30-27-24-21-18-19-22-25-28-35-42-49-62(3)4/h14-17,62-67,72H,8-13,18-61H2,1-7H3,(H,77,78)(H,79,80)/b15-14-,17-16-/t64?,65-,66-,67-/m1/s1. The molecule has 3 unspecified atom stereocenters. The summed E-state index contributed by atoms with van der Waals surface area (Å²) in [7, 11) is -9.91. The molecule has 530 valence electrons. The van der Waals surface area contributed by atoms with Crippen molar-refractivity contribution >= 4 is 39.5 Å². The second kappa shape index (κ2) is 61.4. The van der Waals surface area contributed by atoms with Crippen LogP contribution in [0.4, 0.5) is 0 Å². The van der Waals surface area contributed by atoms with E-state index in [2.05, 4.69) is 72.8 Å². The van der Waals surface area contributed by atoms with Crippen LogP contribution in [0.3, 0.4) is 0 Å². The minimum atomic E-state index is -4.96. The second-order valence-electron chi connectivity index (χ2n) is 26.1. The number of esters is 4. The first kappa shape index (κ1) is 87.5. The molecule has 0 aliphatic rings. The summed E-state index contributed by atoms with van der Waals surface area (Å²) in [6, 6.07) is 0. The molecule has 0 bridgehead atoms. The summed E-state index contributed by atoms with van der Waals surface area (Å²) in [5, 5.41) is 10.6. The topological polar surface area (TPSA) is 237 Å². The number of rotatable bonds is 67. The molecule has 0 aromatic heterocycles. The zero-order valence-electron chi connectivity index (χ0n) is 58.1. The minimum Gasteiger partial charge on any atom is -0.462 e.